The average molecular weight is 595 g/mol. The number of pyridine rings is 2. The molecule has 42 heavy (non-hydrogen) atoms. The van der Waals surface area contributed by atoms with Gasteiger partial charge in [0.15, 0.2) is 0 Å². The standard InChI is InChI=1S/2C17H19N3S/c2*1-11(2)9-14(18)17-20-15-10-13(3-4-16(15)21-17)12-5-7-19-8-6-12/h2*3-8,10-11,14H,9,18H2,1-2H3/t2*14-/m10/s1. The van der Waals surface area contributed by atoms with Crippen molar-refractivity contribution in [3.63, 3.8) is 0 Å². The van der Waals surface area contributed by atoms with Gasteiger partial charge in [0.2, 0.25) is 0 Å². The van der Waals surface area contributed by atoms with E-state index in [0.29, 0.717) is 11.8 Å². The van der Waals surface area contributed by atoms with Crippen molar-refractivity contribution in [2.45, 2.75) is 52.6 Å². The van der Waals surface area contributed by atoms with Crippen LogP contribution in [0.25, 0.3) is 42.7 Å². The lowest BCUT2D eigenvalue weighted by Gasteiger charge is -2.10. The number of hydrogen-bond acceptors (Lipinski definition) is 8. The highest BCUT2D eigenvalue weighted by molar-refractivity contribution is 7.19. The first-order valence-corrected chi connectivity index (χ1v) is 16.0. The molecule has 0 aliphatic carbocycles. The Morgan fingerprint density at radius 2 is 0.929 bits per heavy atom. The van der Waals surface area contributed by atoms with Crippen molar-refractivity contribution in [1.82, 2.24) is 19.9 Å². The summed E-state index contributed by atoms with van der Waals surface area (Å²) in [6, 6.07) is 20.9. The van der Waals surface area contributed by atoms with Gasteiger partial charge in [0.1, 0.15) is 10.0 Å². The summed E-state index contributed by atoms with van der Waals surface area (Å²) in [4.78, 5) is 17.6. The summed E-state index contributed by atoms with van der Waals surface area (Å²) in [5, 5.41) is 2.07. The van der Waals surface area contributed by atoms with Gasteiger partial charge in [-0.1, -0.05) is 39.8 Å². The fourth-order valence-electron chi connectivity index (χ4n) is 4.87. The Morgan fingerprint density at radius 1 is 0.548 bits per heavy atom. The molecule has 4 heterocycles. The Bertz CT molecular complexity index is 1600. The minimum absolute atomic E-state index is 0.0341. The molecule has 0 aliphatic rings. The number of fused-ring (bicyclic) bond motifs is 2. The summed E-state index contributed by atoms with van der Waals surface area (Å²) >= 11 is 3.41. The van der Waals surface area contributed by atoms with Crippen LogP contribution in [-0.2, 0) is 0 Å². The Hall–Kier alpha value is -3.56. The molecule has 4 N–H and O–H groups in total. The molecule has 6 aromatic rings. The van der Waals surface area contributed by atoms with E-state index >= 15 is 0 Å². The maximum Gasteiger partial charge on any atom is 0.111 e. The molecule has 216 valence electrons. The van der Waals surface area contributed by atoms with Crippen molar-refractivity contribution in [1.29, 1.82) is 0 Å². The molecule has 0 aliphatic heterocycles. The molecule has 2 aromatic carbocycles. The number of thiazole rings is 2. The third-order valence-electron chi connectivity index (χ3n) is 6.92. The molecule has 8 heteroatoms. The number of hydrogen-bond donors (Lipinski definition) is 2. The third-order valence-corrected chi connectivity index (χ3v) is 9.26. The highest BCUT2D eigenvalue weighted by Gasteiger charge is 2.15. The SMILES string of the molecule is CC(C)C[C@@H](N)c1nc2cc(-c3ccncc3)ccc2s1.CC(C)C[C@H](N)c1nc2cc(-c3ccncc3)ccc2s1. The van der Waals surface area contributed by atoms with Crippen LogP contribution in [0.5, 0.6) is 0 Å². The van der Waals surface area contributed by atoms with Crippen LogP contribution in [0.1, 0.15) is 62.6 Å². The Morgan fingerprint density at radius 3 is 1.29 bits per heavy atom. The van der Waals surface area contributed by atoms with Crippen LogP contribution in [0.3, 0.4) is 0 Å². The molecule has 0 unspecified atom stereocenters. The molecule has 6 nitrogen and oxygen atoms in total. The van der Waals surface area contributed by atoms with Crippen molar-refractivity contribution in [3.05, 3.63) is 95.5 Å². The summed E-state index contributed by atoms with van der Waals surface area (Å²) < 4.78 is 2.39. The second-order valence-corrected chi connectivity index (χ2v) is 13.5. The van der Waals surface area contributed by atoms with E-state index in [-0.39, 0.29) is 12.1 Å². The maximum atomic E-state index is 6.25. The van der Waals surface area contributed by atoms with Crippen molar-refractivity contribution < 1.29 is 0 Å². The lowest BCUT2D eigenvalue weighted by molar-refractivity contribution is 0.509. The zero-order valence-electron chi connectivity index (χ0n) is 24.6. The van der Waals surface area contributed by atoms with E-state index in [1.54, 1.807) is 22.7 Å². The van der Waals surface area contributed by atoms with E-state index in [9.17, 15) is 0 Å². The summed E-state index contributed by atoms with van der Waals surface area (Å²) in [5.41, 5.74) is 19.2. The van der Waals surface area contributed by atoms with E-state index in [4.69, 9.17) is 21.4 Å². The highest BCUT2D eigenvalue weighted by atomic mass is 32.1. The van der Waals surface area contributed by atoms with Crippen molar-refractivity contribution >= 4 is 43.1 Å². The second-order valence-electron chi connectivity index (χ2n) is 11.4. The predicted octanol–water partition coefficient (Wildman–Crippen LogP) is 8.81. The van der Waals surface area contributed by atoms with Crippen molar-refractivity contribution in [2.75, 3.05) is 0 Å². The van der Waals surface area contributed by atoms with E-state index in [1.165, 1.54) is 20.5 Å². The quantitative estimate of drug-likeness (QED) is 0.182. The Balaban J connectivity index is 0.000000168. The summed E-state index contributed by atoms with van der Waals surface area (Å²) in [6.07, 6.45) is 9.18. The van der Waals surface area contributed by atoms with Gasteiger partial charge in [-0.3, -0.25) is 9.97 Å². The monoisotopic (exact) mass is 594 g/mol. The van der Waals surface area contributed by atoms with Crippen LogP contribution in [0, 0.1) is 11.8 Å². The molecule has 4 aromatic heterocycles. The number of nitrogens with zero attached hydrogens (tertiary/aromatic N) is 4. The Kier molecular flexibility index (Phi) is 9.69. The van der Waals surface area contributed by atoms with E-state index in [2.05, 4.69) is 74.1 Å². The minimum atomic E-state index is 0.0341. The van der Waals surface area contributed by atoms with Crippen LogP contribution >= 0.6 is 22.7 Å². The first-order valence-electron chi connectivity index (χ1n) is 14.4. The molecular weight excluding hydrogens is 557 g/mol. The Labute approximate surface area is 255 Å². The molecule has 0 spiro atoms. The van der Waals surface area contributed by atoms with Gasteiger partial charge < -0.3 is 11.5 Å². The first-order chi connectivity index (χ1) is 20.3. The molecule has 0 radical (unpaired) electrons. The van der Waals surface area contributed by atoms with Crippen molar-refractivity contribution in [3.8, 4) is 22.3 Å². The number of aromatic nitrogens is 4. The zero-order valence-corrected chi connectivity index (χ0v) is 26.2. The van der Waals surface area contributed by atoms with Crippen LogP contribution < -0.4 is 11.5 Å². The first kappa shape index (κ1) is 29.9. The lowest BCUT2D eigenvalue weighted by atomic mass is 10.1. The van der Waals surface area contributed by atoms with Crippen LogP contribution in [0.2, 0.25) is 0 Å². The molecule has 6 rings (SSSR count). The van der Waals surface area contributed by atoms with Crippen LogP contribution in [-0.4, -0.2) is 19.9 Å². The molecule has 0 saturated heterocycles. The largest absolute Gasteiger partial charge is 0.322 e. The van der Waals surface area contributed by atoms with E-state index < -0.39 is 0 Å². The fraction of sp³-hybridized carbons (Fsp3) is 0.294. The number of rotatable bonds is 8. The van der Waals surface area contributed by atoms with Gasteiger partial charge in [-0.05, 0) is 95.5 Å². The van der Waals surface area contributed by atoms with Crippen LogP contribution in [0.15, 0.2) is 85.5 Å². The molecule has 0 amide bonds. The second kappa shape index (κ2) is 13.6. The molecular formula is C34H38N6S2. The molecule has 0 bridgehead atoms. The zero-order chi connectivity index (χ0) is 29.6. The van der Waals surface area contributed by atoms with E-state index in [0.717, 1.165) is 45.0 Å². The van der Waals surface area contributed by atoms with Gasteiger partial charge in [0.05, 0.1) is 32.5 Å². The topological polar surface area (TPSA) is 104 Å². The average Bonchev–Trinajstić information content (AvgIpc) is 3.62. The summed E-state index contributed by atoms with van der Waals surface area (Å²) in [6.45, 7) is 8.76. The maximum absolute atomic E-state index is 6.25. The molecule has 0 saturated carbocycles. The fourth-order valence-corrected chi connectivity index (χ4v) is 6.80. The van der Waals surface area contributed by atoms with Crippen molar-refractivity contribution in [2.24, 2.45) is 23.3 Å². The smallest absolute Gasteiger partial charge is 0.111 e. The molecule has 2 atom stereocenters. The van der Waals surface area contributed by atoms with Gasteiger partial charge in [-0.25, -0.2) is 9.97 Å². The van der Waals surface area contributed by atoms with Gasteiger partial charge in [-0.2, -0.15) is 0 Å². The predicted molar refractivity (Wildman–Crippen MR) is 178 cm³/mol. The summed E-state index contributed by atoms with van der Waals surface area (Å²) in [5.74, 6) is 1.17. The minimum Gasteiger partial charge on any atom is -0.322 e. The molecule has 0 fully saturated rings. The van der Waals surface area contributed by atoms with Gasteiger partial charge >= 0.3 is 0 Å². The number of nitrogens with two attached hydrogens (primary N) is 2. The van der Waals surface area contributed by atoms with Gasteiger partial charge in [0.25, 0.3) is 0 Å². The number of benzene rings is 2. The normalized spacial score (nSPS) is 13.0. The summed E-state index contributed by atoms with van der Waals surface area (Å²) in [7, 11) is 0. The lowest BCUT2D eigenvalue weighted by Crippen LogP contribution is -2.12. The van der Waals surface area contributed by atoms with Gasteiger partial charge in [0, 0.05) is 24.8 Å². The third kappa shape index (κ3) is 7.44. The van der Waals surface area contributed by atoms with Crippen LogP contribution in [0.4, 0.5) is 0 Å². The van der Waals surface area contributed by atoms with Gasteiger partial charge in [-0.15, -0.1) is 22.7 Å². The highest BCUT2D eigenvalue weighted by Crippen LogP contribution is 2.32. The van der Waals surface area contributed by atoms with E-state index in [1.807, 2.05) is 49.1 Å².